The average Bonchev–Trinajstić information content (AvgIpc) is 2.99. The van der Waals surface area contributed by atoms with E-state index >= 15 is 0 Å². The summed E-state index contributed by atoms with van der Waals surface area (Å²) in [5, 5.41) is 8.49. The van der Waals surface area contributed by atoms with E-state index in [0.717, 1.165) is 6.42 Å². The third kappa shape index (κ3) is 4.82. The molecule has 0 fully saturated rings. The number of hydrogen-bond acceptors (Lipinski definition) is 4. The van der Waals surface area contributed by atoms with Crippen LogP contribution in [-0.4, -0.2) is 36.4 Å². The van der Waals surface area contributed by atoms with Gasteiger partial charge in [-0.3, -0.25) is 14.6 Å². The van der Waals surface area contributed by atoms with Crippen molar-refractivity contribution in [3.8, 4) is 11.1 Å². The standard InChI is InChI=1S/C22H23NO4/c24-21(25)14-23-13-7-1-2-12-22(26)27-15-20-18-10-5-3-8-16(18)17-9-4-6-11-19(17)20/h3-6,8-11,13,20H,1-2,7,12,14-15H2,(H,24,25). The van der Waals surface area contributed by atoms with Crippen LogP contribution >= 0.6 is 0 Å². The predicted molar refractivity (Wildman–Crippen MR) is 104 cm³/mol. The molecular weight excluding hydrogens is 342 g/mol. The lowest BCUT2D eigenvalue weighted by Crippen LogP contribution is -2.12. The van der Waals surface area contributed by atoms with E-state index in [4.69, 9.17) is 9.84 Å². The molecule has 0 aromatic heterocycles. The van der Waals surface area contributed by atoms with E-state index in [1.165, 1.54) is 22.3 Å². The molecule has 27 heavy (non-hydrogen) atoms. The minimum Gasteiger partial charge on any atom is -0.480 e. The molecule has 0 saturated heterocycles. The molecule has 1 N–H and O–H groups in total. The number of carbonyl (C=O) groups is 2. The van der Waals surface area contributed by atoms with Crippen molar-refractivity contribution in [1.29, 1.82) is 0 Å². The molecule has 5 nitrogen and oxygen atoms in total. The molecular formula is C22H23NO4. The molecule has 2 aromatic rings. The Morgan fingerprint density at radius 2 is 1.63 bits per heavy atom. The lowest BCUT2D eigenvalue weighted by Gasteiger charge is -2.14. The van der Waals surface area contributed by atoms with Gasteiger partial charge in [0.15, 0.2) is 0 Å². The van der Waals surface area contributed by atoms with Gasteiger partial charge in [-0.25, -0.2) is 0 Å². The molecule has 0 spiro atoms. The number of hydrogen-bond donors (Lipinski definition) is 1. The maximum absolute atomic E-state index is 12.1. The summed E-state index contributed by atoms with van der Waals surface area (Å²) in [5.74, 6) is -1.05. The maximum atomic E-state index is 12.1. The topological polar surface area (TPSA) is 76.0 Å². The van der Waals surface area contributed by atoms with Gasteiger partial charge >= 0.3 is 11.9 Å². The highest BCUT2D eigenvalue weighted by Gasteiger charge is 2.28. The summed E-state index contributed by atoms with van der Waals surface area (Å²) in [7, 11) is 0. The minimum atomic E-state index is -0.940. The Hall–Kier alpha value is -2.95. The highest BCUT2D eigenvalue weighted by atomic mass is 16.5. The second-order valence-electron chi connectivity index (χ2n) is 6.57. The van der Waals surface area contributed by atoms with E-state index in [0.29, 0.717) is 25.9 Å². The number of ether oxygens (including phenoxy) is 1. The van der Waals surface area contributed by atoms with Crippen molar-refractivity contribution in [2.75, 3.05) is 13.2 Å². The molecule has 1 aliphatic carbocycles. The minimum absolute atomic E-state index is 0.0875. The summed E-state index contributed by atoms with van der Waals surface area (Å²) in [4.78, 5) is 26.2. The molecule has 2 aromatic carbocycles. The van der Waals surface area contributed by atoms with Gasteiger partial charge in [-0.05, 0) is 47.7 Å². The van der Waals surface area contributed by atoms with E-state index < -0.39 is 5.97 Å². The number of aliphatic imine (C=N–C) groups is 1. The maximum Gasteiger partial charge on any atom is 0.325 e. The van der Waals surface area contributed by atoms with Crippen LogP contribution in [0.4, 0.5) is 0 Å². The molecule has 1 aliphatic rings. The Labute approximate surface area is 158 Å². The Kier molecular flexibility index (Phi) is 6.36. The quantitative estimate of drug-likeness (QED) is 0.413. The van der Waals surface area contributed by atoms with Crippen molar-refractivity contribution < 1.29 is 19.4 Å². The molecule has 0 aliphatic heterocycles. The molecule has 0 amide bonds. The van der Waals surface area contributed by atoms with Crippen molar-refractivity contribution in [3.63, 3.8) is 0 Å². The van der Waals surface area contributed by atoms with Crippen LogP contribution in [-0.2, 0) is 14.3 Å². The van der Waals surface area contributed by atoms with Crippen LogP contribution in [0.2, 0.25) is 0 Å². The molecule has 0 atom stereocenters. The number of esters is 1. The first-order valence-corrected chi connectivity index (χ1v) is 9.20. The summed E-state index contributed by atoms with van der Waals surface area (Å²) in [5.41, 5.74) is 4.85. The Balaban J connectivity index is 1.47. The molecule has 0 bridgehead atoms. The monoisotopic (exact) mass is 365 g/mol. The number of fused-ring (bicyclic) bond motifs is 3. The zero-order valence-corrected chi connectivity index (χ0v) is 15.1. The molecule has 140 valence electrons. The normalized spacial score (nSPS) is 12.7. The Morgan fingerprint density at radius 1 is 1.00 bits per heavy atom. The van der Waals surface area contributed by atoms with Gasteiger partial charge in [-0.1, -0.05) is 48.5 Å². The summed E-state index contributed by atoms with van der Waals surface area (Å²) >= 11 is 0. The lowest BCUT2D eigenvalue weighted by molar-refractivity contribution is -0.144. The van der Waals surface area contributed by atoms with Gasteiger partial charge in [-0.15, -0.1) is 0 Å². The third-order valence-electron chi connectivity index (χ3n) is 4.69. The zero-order chi connectivity index (χ0) is 19.1. The van der Waals surface area contributed by atoms with E-state index in [9.17, 15) is 9.59 Å². The molecule has 0 unspecified atom stereocenters. The van der Waals surface area contributed by atoms with E-state index in [-0.39, 0.29) is 18.4 Å². The summed E-state index contributed by atoms with van der Waals surface area (Å²) < 4.78 is 5.55. The van der Waals surface area contributed by atoms with Crippen molar-refractivity contribution >= 4 is 18.2 Å². The number of unbranched alkanes of at least 4 members (excludes halogenated alkanes) is 2. The van der Waals surface area contributed by atoms with Crippen molar-refractivity contribution in [1.82, 2.24) is 0 Å². The number of benzene rings is 2. The third-order valence-corrected chi connectivity index (χ3v) is 4.69. The van der Waals surface area contributed by atoms with E-state index in [2.05, 4.69) is 29.3 Å². The van der Waals surface area contributed by atoms with Gasteiger partial charge in [-0.2, -0.15) is 0 Å². The first kappa shape index (κ1) is 18.8. The van der Waals surface area contributed by atoms with Crippen LogP contribution in [0.25, 0.3) is 11.1 Å². The van der Waals surface area contributed by atoms with Gasteiger partial charge < -0.3 is 9.84 Å². The average molecular weight is 365 g/mol. The summed E-state index contributed by atoms with van der Waals surface area (Å²) in [6.45, 7) is 0.152. The van der Waals surface area contributed by atoms with Crippen molar-refractivity contribution in [2.24, 2.45) is 4.99 Å². The van der Waals surface area contributed by atoms with Crippen LogP contribution < -0.4 is 0 Å². The van der Waals surface area contributed by atoms with E-state index in [1.54, 1.807) is 6.21 Å². The largest absolute Gasteiger partial charge is 0.480 e. The Bertz CT molecular complexity index is 798. The molecule has 3 rings (SSSR count). The first-order valence-electron chi connectivity index (χ1n) is 9.20. The van der Waals surface area contributed by atoms with Crippen LogP contribution in [0.5, 0.6) is 0 Å². The van der Waals surface area contributed by atoms with Crippen LogP contribution in [0.1, 0.15) is 42.7 Å². The number of rotatable bonds is 9. The number of aliphatic carboxylic acids is 1. The van der Waals surface area contributed by atoms with Gasteiger partial charge in [0.25, 0.3) is 0 Å². The van der Waals surface area contributed by atoms with Crippen LogP contribution in [0.15, 0.2) is 53.5 Å². The highest BCUT2D eigenvalue weighted by molar-refractivity contribution is 5.79. The van der Waals surface area contributed by atoms with Gasteiger partial charge in [0, 0.05) is 12.3 Å². The van der Waals surface area contributed by atoms with Gasteiger partial charge in [0.1, 0.15) is 13.2 Å². The van der Waals surface area contributed by atoms with Gasteiger partial charge in [0.05, 0.1) is 0 Å². The zero-order valence-electron chi connectivity index (χ0n) is 15.1. The van der Waals surface area contributed by atoms with E-state index in [1.807, 2.05) is 24.3 Å². The molecule has 0 saturated carbocycles. The fourth-order valence-electron chi connectivity index (χ4n) is 3.43. The fourth-order valence-corrected chi connectivity index (χ4v) is 3.43. The Morgan fingerprint density at radius 3 is 2.26 bits per heavy atom. The fraction of sp³-hybridized carbons (Fsp3) is 0.318. The number of nitrogens with zero attached hydrogens (tertiary/aromatic N) is 1. The molecule has 5 heteroatoms. The van der Waals surface area contributed by atoms with Crippen LogP contribution in [0.3, 0.4) is 0 Å². The first-order chi connectivity index (χ1) is 13.2. The van der Waals surface area contributed by atoms with Crippen molar-refractivity contribution in [3.05, 3.63) is 59.7 Å². The second kappa shape index (κ2) is 9.12. The summed E-state index contributed by atoms with van der Waals surface area (Å²) in [6, 6.07) is 16.5. The number of carboxylic acid groups (broad SMARTS) is 1. The second-order valence-corrected chi connectivity index (χ2v) is 6.57. The lowest BCUT2D eigenvalue weighted by atomic mass is 9.98. The van der Waals surface area contributed by atoms with Crippen molar-refractivity contribution in [2.45, 2.75) is 31.6 Å². The highest BCUT2D eigenvalue weighted by Crippen LogP contribution is 2.44. The van der Waals surface area contributed by atoms with Crippen LogP contribution in [0, 0.1) is 0 Å². The van der Waals surface area contributed by atoms with Gasteiger partial charge in [0.2, 0.25) is 0 Å². The number of carboxylic acids is 1. The number of carbonyl (C=O) groups excluding carboxylic acids is 1. The summed E-state index contributed by atoms with van der Waals surface area (Å²) in [6.07, 6.45) is 4.13. The molecule has 0 heterocycles. The SMILES string of the molecule is O=C(O)CN=CCCCCC(=O)OCC1c2ccccc2-c2ccccc21. The predicted octanol–water partition coefficient (Wildman–Crippen LogP) is 4.06. The smallest absolute Gasteiger partial charge is 0.325 e. The molecule has 0 radical (unpaired) electrons.